The van der Waals surface area contributed by atoms with E-state index >= 15 is 0 Å². The Morgan fingerprint density at radius 1 is 1.25 bits per heavy atom. The summed E-state index contributed by atoms with van der Waals surface area (Å²) in [5, 5.41) is 18.5. The monoisotopic (exact) mass is 221 g/mol. The molecule has 1 aromatic carbocycles. The quantitative estimate of drug-likeness (QED) is 0.764. The maximum Gasteiger partial charge on any atom is 0.407 e. The Labute approximate surface area is 94.1 Å². The molecule has 1 saturated heterocycles. The zero-order valence-electron chi connectivity index (χ0n) is 8.97. The third kappa shape index (κ3) is 2.10. The fraction of sp³-hybridized carbons (Fsp3) is 0.417. The fourth-order valence-electron chi connectivity index (χ4n) is 2.21. The van der Waals surface area contributed by atoms with Crippen molar-refractivity contribution in [2.24, 2.45) is 0 Å². The number of carboxylic acid groups (broad SMARTS) is 1. The van der Waals surface area contributed by atoms with Crippen LogP contribution in [0.5, 0.6) is 5.75 Å². The number of hydrogen-bond donors (Lipinski definition) is 2. The molecule has 1 aromatic rings. The molecule has 0 saturated carbocycles. The summed E-state index contributed by atoms with van der Waals surface area (Å²) < 4.78 is 0. The van der Waals surface area contributed by atoms with E-state index in [4.69, 9.17) is 5.11 Å². The number of para-hydroxylation sites is 1. The Balaban J connectivity index is 2.05. The van der Waals surface area contributed by atoms with Gasteiger partial charge in [0, 0.05) is 13.1 Å². The van der Waals surface area contributed by atoms with Crippen LogP contribution in [0.1, 0.15) is 24.3 Å². The molecular weight excluding hydrogens is 206 g/mol. The maximum atomic E-state index is 10.7. The third-order valence-corrected chi connectivity index (χ3v) is 3.14. The lowest BCUT2D eigenvalue weighted by Crippen LogP contribution is -2.36. The van der Waals surface area contributed by atoms with Gasteiger partial charge in [0.05, 0.1) is 0 Å². The van der Waals surface area contributed by atoms with Gasteiger partial charge in [0.25, 0.3) is 0 Å². The van der Waals surface area contributed by atoms with E-state index in [2.05, 4.69) is 0 Å². The smallest absolute Gasteiger partial charge is 0.407 e. The van der Waals surface area contributed by atoms with Crippen LogP contribution in [0.2, 0.25) is 0 Å². The highest BCUT2D eigenvalue weighted by Gasteiger charge is 2.24. The van der Waals surface area contributed by atoms with E-state index < -0.39 is 6.09 Å². The molecular formula is C12H15NO3. The van der Waals surface area contributed by atoms with Gasteiger partial charge in [-0.25, -0.2) is 4.79 Å². The Hall–Kier alpha value is -1.71. The number of piperidine rings is 1. The lowest BCUT2D eigenvalue weighted by atomic mass is 9.89. The number of phenols is 1. The molecule has 0 bridgehead atoms. The molecule has 0 spiro atoms. The van der Waals surface area contributed by atoms with Crippen molar-refractivity contribution in [2.75, 3.05) is 13.1 Å². The van der Waals surface area contributed by atoms with E-state index in [0.717, 1.165) is 18.4 Å². The van der Waals surface area contributed by atoms with Crippen LogP contribution in [0.3, 0.4) is 0 Å². The molecule has 0 aromatic heterocycles. The van der Waals surface area contributed by atoms with Crippen LogP contribution in [0, 0.1) is 0 Å². The molecule has 1 heterocycles. The summed E-state index contributed by atoms with van der Waals surface area (Å²) in [6.07, 6.45) is 0.712. The lowest BCUT2D eigenvalue weighted by Gasteiger charge is -2.30. The summed E-state index contributed by atoms with van der Waals surface area (Å²) >= 11 is 0. The van der Waals surface area contributed by atoms with Crippen molar-refractivity contribution in [3.8, 4) is 5.75 Å². The molecule has 86 valence electrons. The average Bonchev–Trinajstić information content (AvgIpc) is 2.30. The van der Waals surface area contributed by atoms with E-state index in [1.165, 1.54) is 4.90 Å². The number of phenolic OH excluding ortho intramolecular Hbond substituents is 1. The molecule has 0 aliphatic carbocycles. The summed E-state index contributed by atoms with van der Waals surface area (Å²) in [6.45, 7) is 1.10. The van der Waals surface area contributed by atoms with Crippen molar-refractivity contribution < 1.29 is 15.0 Å². The largest absolute Gasteiger partial charge is 0.508 e. The van der Waals surface area contributed by atoms with Crippen LogP contribution in [0.4, 0.5) is 4.79 Å². The number of benzene rings is 1. The van der Waals surface area contributed by atoms with E-state index in [1.54, 1.807) is 12.1 Å². The van der Waals surface area contributed by atoms with Crippen molar-refractivity contribution >= 4 is 6.09 Å². The van der Waals surface area contributed by atoms with Crippen LogP contribution in [-0.4, -0.2) is 34.3 Å². The van der Waals surface area contributed by atoms with Gasteiger partial charge < -0.3 is 15.1 Å². The van der Waals surface area contributed by atoms with Crippen LogP contribution in [0.25, 0.3) is 0 Å². The highest BCUT2D eigenvalue weighted by Crippen LogP contribution is 2.33. The molecule has 16 heavy (non-hydrogen) atoms. The van der Waals surface area contributed by atoms with Gasteiger partial charge in [-0.3, -0.25) is 0 Å². The number of hydrogen-bond acceptors (Lipinski definition) is 2. The first kappa shape index (κ1) is 10.8. The number of amides is 1. The van der Waals surface area contributed by atoms with Gasteiger partial charge in [-0.1, -0.05) is 18.2 Å². The Morgan fingerprint density at radius 3 is 2.44 bits per heavy atom. The number of likely N-dealkylation sites (tertiary alicyclic amines) is 1. The summed E-state index contributed by atoms with van der Waals surface area (Å²) in [7, 11) is 0. The van der Waals surface area contributed by atoms with Crippen LogP contribution in [0.15, 0.2) is 24.3 Å². The molecule has 2 N–H and O–H groups in total. The van der Waals surface area contributed by atoms with Gasteiger partial charge in [0.15, 0.2) is 0 Å². The van der Waals surface area contributed by atoms with Crippen LogP contribution in [-0.2, 0) is 0 Å². The normalized spacial score (nSPS) is 17.4. The van der Waals surface area contributed by atoms with Gasteiger partial charge in [-0.2, -0.15) is 0 Å². The predicted molar refractivity (Wildman–Crippen MR) is 59.7 cm³/mol. The van der Waals surface area contributed by atoms with E-state index in [1.807, 2.05) is 12.1 Å². The minimum atomic E-state index is -0.851. The zero-order chi connectivity index (χ0) is 11.5. The second kappa shape index (κ2) is 4.43. The number of nitrogens with zero attached hydrogens (tertiary/aromatic N) is 1. The first-order chi connectivity index (χ1) is 7.68. The highest BCUT2D eigenvalue weighted by molar-refractivity contribution is 5.65. The van der Waals surface area contributed by atoms with Crippen LogP contribution < -0.4 is 0 Å². The first-order valence-corrected chi connectivity index (χ1v) is 5.44. The standard InChI is InChI=1S/C12H15NO3/c14-11-4-2-1-3-10(11)9-5-7-13(8-6-9)12(15)16/h1-4,9,14H,5-8H2,(H,15,16). The van der Waals surface area contributed by atoms with Crippen molar-refractivity contribution in [3.05, 3.63) is 29.8 Å². The number of rotatable bonds is 1. The second-order valence-corrected chi connectivity index (χ2v) is 4.10. The SMILES string of the molecule is O=C(O)N1CCC(c2ccccc2O)CC1. The van der Waals surface area contributed by atoms with Crippen LogP contribution >= 0.6 is 0 Å². The second-order valence-electron chi connectivity index (χ2n) is 4.10. The molecule has 1 amide bonds. The van der Waals surface area contributed by atoms with Crippen molar-refractivity contribution in [1.82, 2.24) is 4.90 Å². The summed E-state index contributed by atoms with van der Waals surface area (Å²) in [6, 6.07) is 7.29. The molecule has 2 rings (SSSR count). The molecule has 4 nitrogen and oxygen atoms in total. The van der Waals surface area contributed by atoms with Crippen molar-refractivity contribution in [1.29, 1.82) is 0 Å². The topological polar surface area (TPSA) is 60.8 Å². The maximum absolute atomic E-state index is 10.7. The van der Waals surface area contributed by atoms with E-state index in [9.17, 15) is 9.90 Å². The molecule has 0 radical (unpaired) electrons. The van der Waals surface area contributed by atoms with E-state index in [-0.39, 0.29) is 5.92 Å². The number of carbonyl (C=O) groups is 1. The van der Waals surface area contributed by atoms with E-state index in [0.29, 0.717) is 18.8 Å². The molecule has 1 aliphatic rings. The molecule has 4 heteroatoms. The average molecular weight is 221 g/mol. The van der Waals surface area contributed by atoms with Gasteiger partial charge in [-0.15, -0.1) is 0 Å². The third-order valence-electron chi connectivity index (χ3n) is 3.14. The van der Waals surface area contributed by atoms with Gasteiger partial charge in [0.1, 0.15) is 5.75 Å². The minimum Gasteiger partial charge on any atom is -0.508 e. The Morgan fingerprint density at radius 2 is 1.88 bits per heavy atom. The van der Waals surface area contributed by atoms with Gasteiger partial charge in [0.2, 0.25) is 0 Å². The minimum absolute atomic E-state index is 0.275. The Bertz CT molecular complexity index is 384. The lowest BCUT2D eigenvalue weighted by molar-refractivity contribution is 0.132. The summed E-state index contributed by atoms with van der Waals surface area (Å²) in [5.41, 5.74) is 0.938. The first-order valence-electron chi connectivity index (χ1n) is 5.44. The van der Waals surface area contributed by atoms with Crippen molar-refractivity contribution in [2.45, 2.75) is 18.8 Å². The molecule has 0 atom stereocenters. The van der Waals surface area contributed by atoms with Gasteiger partial charge >= 0.3 is 6.09 Å². The molecule has 1 fully saturated rings. The fourth-order valence-corrected chi connectivity index (χ4v) is 2.21. The van der Waals surface area contributed by atoms with Gasteiger partial charge in [-0.05, 0) is 30.4 Å². The predicted octanol–water partition coefficient (Wildman–Crippen LogP) is 2.25. The molecule has 0 unspecified atom stereocenters. The van der Waals surface area contributed by atoms with Crippen molar-refractivity contribution in [3.63, 3.8) is 0 Å². The highest BCUT2D eigenvalue weighted by atomic mass is 16.4. The summed E-state index contributed by atoms with van der Waals surface area (Å²) in [4.78, 5) is 12.2. The molecule has 1 aliphatic heterocycles. The zero-order valence-corrected chi connectivity index (χ0v) is 8.97. The Kier molecular flexibility index (Phi) is 2.99. The summed E-state index contributed by atoms with van der Waals surface area (Å²) in [5.74, 6) is 0.591. The number of aromatic hydroxyl groups is 1.